The standard InChI is InChI=1S/C38H38FN5O5/c1-22-14-25(8-11-40-22)30-20-43(18-23-15-26-2-5-32(24-9-12-48-13-10-24)41-36(26)31(39)16-23)21-34(30)49-28-3-4-29-27(17-28)19-44(38(29)47)33-6-7-35(45)42-37(33)46/h2-5,8,11,14-17,24,30,33-34H,6-7,9-10,12-13,18-21H2,1H3,(H,42,45,46)/t30-,33+,34+/m1/s1. The minimum atomic E-state index is -0.672. The number of nitrogens with zero attached hydrogens (tertiary/aromatic N) is 4. The van der Waals surface area contributed by atoms with Gasteiger partial charge in [-0.3, -0.25) is 29.6 Å². The van der Waals surface area contributed by atoms with Gasteiger partial charge in [-0.2, -0.15) is 0 Å². The summed E-state index contributed by atoms with van der Waals surface area (Å²) in [5.41, 5.74) is 5.58. The number of piperidine rings is 1. The highest BCUT2D eigenvalue weighted by Crippen LogP contribution is 2.36. The SMILES string of the molecule is Cc1cc([C@H]2CN(Cc3cc(F)c4nc(C5CCOCC5)ccc4c3)C[C@@H]2Oc2ccc3c(c2)CN([C@H]2CCC(=O)NC2=O)C3=O)ccn1. The maximum absolute atomic E-state index is 15.5. The van der Waals surface area contributed by atoms with E-state index in [1.807, 2.05) is 49.5 Å². The molecule has 8 rings (SSSR count). The summed E-state index contributed by atoms with van der Waals surface area (Å²) in [5, 5.41) is 3.14. The Bertz CT molecular complexity index is 1960. The Morgan fingerprint density at radius 1 is 1.00 bits per heavy atom. The second-order valence-electron chi connectivity index (χ2n) is 13.7. The zero-order valence-corrected chi connectivity index (χ0v) is 27.4. The third kappa shape index (κ3) is 6.28. The van der Waals surface area contributed by atoms with Crippen molar-refractivity contribution in [1.82, 2.24) is 25.1 Å². The number of nitrogens with one attached hydrogen (secondary N) is 1. The molecule has 0 unspecified atom stereocenters. The first-order valence-corrected chi connectivity index (χ1v) is 17.0. The first-order valence-electron chi connectivity index (χ1n) is 17.0. The van der Waals surface area contributed by atoms with Gasteiger partial charge < -0.3 is 14.4 Å². The van der Waals surface area contributed by atoms with Gasteiger partial charge in [-0.25, -0.2) is 9.37 Å². The van der Waals surface area contributed by atoms with Gasteiger partial charge in [-0.15, -0.1) is 0 Å². The molecule has 252 valence electrons. The number of carbonyl (C=O) groups is 3. The summed E-state index contributed by atoms with van der Waals surface area (Å²) in [6, 6.07) is 16.5. The monoisotopic (exact) mass is 663 g/mol. The minimum Gasteiger partial charge on any atom is -0.488 e. The van der Waals surface area contributed by atoms with Crippen LogP contribution < -0.4 is 10.1 Å². The van der Waals surface area contributed by atoms with Crippen LogP contribution in [-0.4, -0.2) is 75.9 Å². The number of fused-ring (bicyclic) bond motifs is 2. The molecule has 0 spiro atoms. The summed E-state index contributed by atoms with van der Waals surface area (Å²) in [7, 11) is 0. The normalized spacial score (nSPS) is 23.3. The van der Waals surface area contributed by atoms with Gasteiger partial charge in [0.1, 0.15) is 29.2 Å². The predicted molar refractivity (Wildman–Crippen MR) is 178 cm³/mol. The highest BCUT2D eigenvalue weighted by molar-refractivity contribution is 6.05. The number of benzene rings is 2. The molecule has 0 aliphatic carbocycles. The maximum Gasteiger partial charge on any atom is 0.255 e. The lowest BCUT2D eigenvalue weighted by Gasteiger charge is -2.29. The molecule has 3 fully saturated rings. The lowest BCUT2D eigenvalue weighted by Crippen LogP contribution is -2.52. The lowest BCUT2D eigenvalue weighted by molar-refractivity contribution is -0.136. The van der Waals surface area contributed by atoms with Crippen molar-refractivity contribution < 1.29 is 28.2 Å². The second kappa shape index (κ2) is 12.9. The van der Waals surface area contributed by atoms with Crippen molar-refractivity contribution in [2.45, 2.75) is 69.7 Å². The number of ether oxygens (including phenoxy) is 2. The minimum absolute atomic E-state index is 0.0329. The molecule has 6 heterocycles. The van der Waals surface area contributed by atoms with Crippen LogP contribution in [0.2, 0.25) is 0 Å². The largest absolute Gasteiger partial charge is 0.488 e. The van der Waals surface area contributed by atoms with Crippen LogP contribution >= 0.6 is 0 Å². The van der Waals surface area contributed by atoms with Gasteiger partial charge >= 0.3 is 0 Å². The van der Waals surface area contributed by atoms with Crippen molar-refractivity contribution in [2.24, 2.45) is 0 Å². The van der Waals surface area contributed by atoms with Gasteiger partial charge in [-0.05, 0) is 91.4 Å². The Kier molecular flexibility index (Phi) is 8.33. The Morgan fingerprint density at radius 3 is 2.67 bits per heavy atom. The van der Waals surface area contributed by atoms with Gasteiger partial charge in [0, 0.05) is 86.2 Å². The summed E-state index contributed by atoms with van der Waals surface area (Å²) in [6.45, 7) is 5.54. The number of amides is 3. The van der Waals surface area contributed by atoms with Crippen molar-refractivity contribution >= 4 is 28.6 Å². The molecule has 0 radical (unpaired) electrons. The average molecular weight is 664 g/mol. The van der Waals surface area contributed by atoms with E-state index in [0.29, 0.717) is 62.0 Å². The molecule has 4 aromatic rings. The summed E-state index contributed by atoms with van der Waals surface area (Å²) >= 11 is 0. The van der Waals surface area contributed by atoms with E-state index in [9.17, 15) is 14.4 Å². The molecule has 3 atom stereocenters. The number of halogens is 1. The van der Waals surface area contributed by atoms with E-state index in [4.69, 9.17) is 14.5 Å². The molecular weight excluding hydrogens is 625 g/mol. The summed E-state index contributed by atoms with van der Waals surface area (Å²) in [6.07, 6.45) is 3.93. The van der Waals surface area contributed by atoms with Crippen molar-refractivity contribution in [3.05, 3.63) is 100 Å². The van der Waals surface area contributed by atoms with Crippen LogP contribution in [0.4, 0.5) is 4.39 Å². The molecule has 49 heavy (non-hydrogen) atoms. The van der Waals surface area contributed by atoms with E-state index >= 15 is 4.39 Å². The van der Waals surface area contributed by atoms with E-state index in [0.717, 1.165) is 46.3 Å². The maximum atomic E-state index is 15.5. The fourth-order valence-corrected chi connectivity index (χ4v) is 7.85. The highest BCUT2D eigenvalue weighted by Gasteiger charge is 2.40. The summed E-state index contributed by atoms with van der Waals surface area (Å²) in [4.78, 5) is 50.4. The Hall–Kier alpha value is -4.74. The van der Waals surface area contributed by atoms with Crippen LogP contribution in [0.25, 0.3) is 10.9 Å². The second-order valence-corrected chi connectivity index (χ2v) is 13.7. The number of imide groups is 1. The number of pyridine rings is 2. The van der Waals surface area contributed by atoms with Crippen LogP contribution in [0.3, 0.4) is 0 Å². The molecule has 0 saturated carbocycles. The number of aryl methyl sites for hydroxylation is 1. The number of hydrogen-bond acceptors (Lipinski definition) is 8. The third-order valence-corrected chi connectivity index (χ3v) is 10.3. The van der Waals surface area contributed by atoms with Crippen LogP contribution in [0.15, 0.2) is 60.8 Å². The van der Waals surface area contributed by atoms with Crippen molar-refractivity contribution in [1.29, 1.82) is 0 Å². The smallest absolute Gasteiger partial charge is 0.255 e. The van der Waals surface area contributed by atoms with Gasteiger partial charge in [-0.1, -0.05) is 6.07 Å². The number of aromatic nitrogens is 2. The number of carbonyl (C=O) groups excluding carboxylic acids is 3. The highest BCUT2D eigenvalue weighted by atomic mass is 19.1. The Labute approximate surface area is 283 Å². The summed E-state index contributed by atoms with van der Waals surface area (Å²) < 4.78 is 27.7. The van der Waals surface area contributed by atoms with Gasteiger partial charge in [0.25, 0.3) is 5.91 Å². The van der Waals surface area contributed by atoms with Crippen molar-refractivity contribution in [3.63, 3.8) is 0 Å². The van der Waals surface area contributed by atoms with E-state index in [1.165, 1.54) is 0 Å². The van der Waals surface area contributed by atoms with Gasteiger partial charge in [0.2, 0.25) is 11.8 Å². The Balaban J connectivity index is 1.01. The van der Waals surface area contributed by atoms with Crippen LogP contribution in [-0.2, 0) is 27.4 Å². The number of likely N-dealkylation sites (tertiary alicyclic amines) is 1. The van der Waals surface area contributed by atoms with Crippen molar-refractivity contribution in [2.75, 3.05) is 26.3 Å². The first kappa shape index (κ1) is 31.5. The molecule has 11 heteroatoms. The van der Waals surface area contributed by atoms with Crippen LogP contribution in [0.1, 0.15) is 76.0 Å². The van der Waals surface area contributed by atoms with E-state index < -0.39 is 11.9 Å². The molecule has 0 bridgehead atoms. The average Bonchev–Trinajstić information content (AvgIpc) is 3.64. The van der Waals surface area contributed by atoms with E-state index in [-0.39, 0.29) is 42.6 Å². The van der Waals surface area contributed by atoms with Crippen LogP contribution in [0, 0.1) is 12.7 Å². The van der Waals surface area contributed by atoms with E-state index in [1.54, 1.807) is 17.0 Å². The molecule has 4 aliphatic rings. The zero-order chi connectivity index (χ0) is 33.6. The molecule has 3 amide bonds. The summed E-state index contributed by atoms with van der Waals surface area (Å²) in [5.74, 6) is -0.304. The quantitative estimate of drug-likeness (QED) is 0.281. The van der Waals surface area contributed by atoms with Gasteiger partial charge in [0.15, 0.2) is 0 Å². The first-order chi connectivity index (χ1) is 23.8. The zero-order valence-electron chi connectivity index (χ0n) is 27.4. The molecule has 2 aromatic heterocycles. The molecule has 4 aliphatic heterocycles. The molecule has 1 N–H and O–H groups in total. The third-order valence-electron chi connectivity index (χ3n) is 10.3. The molecule has 2 aromatic carbocycles. The lowest BCUT2D eigenvalue weighted by atomic mass is 9.95. The predicted octanol–water partition coefficient (Wildman–Crippen LogP) is 4.78. The number of hydrogen-bond donors (Lipinski definition) is 1. The Morgan fingerprint density at radius 2 is 1.86 bits per heavy atom. The molecular formula is C38H38FN5O5. The molecule has 10 nitrogen and oxygen atoms in total. The van der Waals surface area contributed by atoms with Crippen molar-refractivity contribution in [3.8, 4) is 5.75 Å². The number of rotatable bonds is 7. The van der Waals surface area contributed by atoms with E-state index in [2.05, 4.69) is 21.3 Å². The fraction of sp³-hybridized carbons (Fsp3) is 0.395. The topological polar surface area (TPSA) is 114 Å². The fourth-order valence-electron chi connectivity index (χ4n) is 7.85. The van der Waals surface area contributed by atoms with Gasteiger partial charge in [0.05, 0.1) is 0 Å². The molecule has 3 saturated heterocycles. The van der Waals surface area contributed by atoms with Crippen LogP contribution in [0.5, 0.6) is 5.75 Å².